The number of aryl methyl sites for hydroxylation is 1. The topological polar surface area (TPSA) is 79.2 Å². The van der Waals surface area contributed by atoms with Crippen LogP contribution in [-0.4, -0.2) is 18.5 Å². The van der Waals surface area contributed by atoms with E-state index >= 15 is 0 Å². The summed E-state index contributed by atoms with van der Waals surface area (Å²) in [6.45, 7) is 3.46. The number of thiophene rings is 1. The molecule has 28 heavy (non-hydrogen) atoms. The predicted molar refractivity (Wildman–Crippen MR) is 110 cm³/mol. The molecule has 5 nitrogen and oxygen atoms in total. The maximum atomic E-state index is 12.6. The van der Waals surface area contributed by atoms with E-state index in [1.165, 1.54) is 11.3 Å². The Hall–Kier alpha value is -2.36. The molecule has 146 valence electrons. The van der Waals surface area contributed by atoms with Crippen LogP contribution < -0.4 is 5.32 Å². The first-order valence-electron chi connectivity index (χ1n) is 9.17. The minimum absolute atomic E-state index is 0.00204. The van der Waals surface area contributed by atoms with Gasteiger partial charge in [0.15, 0.2) is 6.61 Å². The summed E-state index contributed by atoms with van der Waals surface area (Å²) in [6, 6.07) is 9.22. The Morgan fingerprint density at radius 2 is 2.00 bits per heavy atom. The molecule has 0 unspecified atom stereocenters. The zero-order chi connectivity index (χ0) is 20.3. The summed E-state index contributed by atoms with van der Waals surface area (Å²) in [7, 11) is 0. The average Bonchev–Trinajstić information content (AvgIpc) is 3.22. The molecule has 7 heteroatoms. The van der Waals surface area contributed by atoms with Crippen molar-refractivity contribution in [3.05, 3.63) is 50.9 Å². The van der Waals surface area contributed by atoms with Gasteiger partial charge >= 0.3 is 5.97 Å². The standard InChI is InChI=1S/C21H21ClN2O3S/c1-12(2)19(13-6-8-14(22)9-7-13)21(26)27-11-18(25)24-20-16(10-23)15-4-3-5-17(15)28-20/h6-9,12,19H,3-5,11H2,1-2H3,(H,24,25)/t19-/m0/s1. The summed E-state index contributed by atoms with van der Waals surface area (Å²) in [6.07, 6.45) is 2.86. The SMILES string of the molecule is CC(C)[C@H](C(=O)OCC(=O)Nc1sc2c(c1C#N)CCC2)c1ccc(Cl)cc1. The largest absolute Gasteiger partial charge is 0.455 e. The van der Waals surface area contributed by atoms with Crippen LogP contribution in [0.4, 0.5) is 5.00 Å². The number of fused-ring (bicyclic) bond motifs is 1. The second-order valence-electron chi connectivity index (χ2n) is 7.10. The van der Waals surface area contributed by atoms with Gasteiger partial charge in [0.25, 0.3) is 5.91 Å². The van der Waals surface area contributed by atoms with Crippen molar-refractivity contribution in [2.24, 2.45) is 5.92 Å². The number of carbonyl (C=O) groups is 2. The van der Waals surface area contributed by atoms with Crippen LogP contribution in [0.15, 0.2) is 24.3 Å². The van der Waals surface area contributed by atoms with E-state index in [1.807, 2.05) is 13.8 Å². The molecule has 2 aromatic rings. The highest BCUT2D eigenvalue weighted by molar-refractivity contribution is 7.16. The third kappa shape index (κ3) is 4.37. The van der Waals surface area contributed by atoms with Gasteiger partial charge in [-0.1, -0.05) is 37.6 Å². The van der Waals surface area contributed by atoms with Crippen LogP contribution in [0, 0.1) is 17.2 Å². The summed E-state index contributed by atoms with van der Waals surface area (Å²) in [5.41, 5.74) is 2.38. The highest BCUT2D eigenvalue weighted by atomic mass is 35.5. The van der Waals surface area contributed by atoms with Gasteiger partial charge in [-0.15, -0.1) is 11.3 Å². The van der Waals surface area contributed by atoms with Crippen LogP contribution >= 0.6 is 22.9 Å². The predicted octanol–water partition coefficient (Wildman–Crippen LogP) is 4.68. The molecule has 1 aromatic heterocycles. The molecule has 0 radical (unpaired) electrons. The quantitative estimate of drug-likeness (QED) is 0.693. The molecular weight excluding hydrogens is 396 g/mol. The fourth-order valence-corrected chi connectivity index (χ4v) is 4.84. The van der Waals surface area contributed by atoms with Gasteiger partial charge in [-0.05, 0) is 48.4 Å². The maximum Gasteiger partial charge on any atom is 0.314 e. The molecule has 1 heterocycles. The second-order valence-corrected chi connectivity index (χ2v) is 8.64. The van der Waals surface area contributed by atoms with Crippen molar-refractivity contribution in [3.8, 4) is 6.07 Å². The Morgan fingerprint density at radius 1 is 1.29 bits per heavy atom. The zero-order valence-electron chi connectivity index (χ0n) is 15.8. The van der Waals surface area contributed by atoms with Crippen LogP contribution in [0.1, 0.15) is 47.8 Å². The minimum Gasteiger partial charge on any atom is -0.455 e. The molecule has 0 spiro atoms. The Morgan fingerprint density at radius 3 is 2.64 bits per heavy atom. The van der Waals surface area contributed by atoms with Crippen molar-refractivity contribution in [2.45, 2.75) is 39.0 Å². The first-order chi connectivity index (χ1) is 13.4. The lowest BCUT2D eigenvalue weighted by Crippen LogP contribution is -2.26. The minimum atomic E-state index is -0.481. The molecule has 0 aliphatic heterocycles. The Kier molecular flexibility index (Phi) is 6.38. The number of hydrogen-bond donors (Lipinski definition) is 1. The lowest BCUT2D eigenvalue weighted by atomic mass is 9.88. The van der Waals surface area contributed by atoms with Crippen molar-refractivity contribution in [1.29, 1.82) is 5.26 Å². The maximum absolute atomic E-state index is 12.6. The molecule has 1 aromatic carbocycles. The van der Waals surface area contributed by atoms with E-state index < -0.39 is 17.8 Å². The number of carbonyl (C=O) groups excluding carboxylic acids is 2. The smallest absolute Gasteiger partial charge is 0.314 e. The zero-order valence-corrected chi connectivity index (χ0v) is 17.3. The van der Waals surface area contributed by atoms with Crippen molar-refractivity contribution < 1.29 is 14.3 Å². The van der Waals surface area contributed by atoms with Gasteiger partial charge in [0.05, 0.1) is 11.5 Å². The molecule has 0 saturated heterocycles. The first kappa shape index (κ1) is 20.4. The van der Waals surface area contributed by atoms with E-state index in [4.69, 9.17) is 16.3 Å². The fourth-order valence-electron chi connectivity index (χ4n) is 3.46. The number of nitrogens with one attached hydrogen (secondary N) is 1. The van der Waals surface area contributed by atoms with E-state index in [0.717, 1.165) is 35.3 Å². The lowest BCUT2D eigenvalue weighted by molar-refractivity contribution is -0.149. The van der Waals surface area contributed by atoms with Crippen LogP contribution in [-0.2, 0) is 27.2 Å². The molecule has 0 fully saturated rings. The number of hydrogen-bond acceptors (Lipinski definition) is 5. The highest BCUT2D eigenvalue weighted by Gasteiger charge is 2.27. The Balaban J connectivity index is 1.63. The summed E-state index contributed by atoms with van der Waals surface area (Å²) in [5, 5.41) is 13.3. The average molecular weight is 417 g/mol. The number of nitriles is 1. The van der Waals surface area contributed by atoms with E-state index in [2.05, 4.69) is 11.4 Å². The van der Waals surface area contributed by atoms with Crippen LogP contribution in [0.2, 0.25) is 5.02 Å². The molecule has 0 bridgehead atoms. The van der Waals surface area contributed by atoms with E-state index in [-0.39, 0.29) is 12.5 Å². The number of nitrogens with zero attached hydrogens (tertiary/aromatic N) is 1. The summed E-state index contributed by atoms with van der Waals surface area (Å²) in [5.74, 6) is -1.38. The van der Waals surface area contributed by atoms with Gasteiger partial charge in [0, 0.05) is 9.90 Å². The van der Waals surface area contributed by atoms with Gasteiger partial charge in [-0.25, -0.2) is 0 Å². The summed E-state index contributed by atoms with van der Waals surface area (Å²) in [4.78, 5) is 26.0. The third-order valence-corrected chi connectivity index (χ3v) is 6.24. The molecule has 1 aliphatic carbocycles. The van der Waals surface area contributed by atoms with Gasteiger partial charge in [-0.2, -0.15) is 5.26 Å². The fraction of sp³-hybridized carbons (Fsp3) is 0.381. The second kappa shape index (κ2) is 8.76. The Labute approximate surface area is 173 Å². The monoisotopic (exact) mass is 416 g/mol. The number of ether oxygens (including phenoxy) is 1. The normalized spacial score (nSPS) is 13.7. The molecule has 1 amide bonds. The van der Waals surface area contributed by atoms with Gasteiger partial charge in [0.1, 0.15) is 11.1 Å². The van der Waals surface area contributed by atoms with E-state index in [1.54, 1.807) is 24.3 Å². The molecule has 3 rings (SSSR count). The van der Waals surface area contributed by atoms with Crippen LogP contribution in [0.5, 0.6) is 0 Å². The van der Waals surface area contributed by atoms with Gasteiger partial charge in [0.2, 0.25) is 0 Å². The molecule has 1 N–H and O–H groups in total. The molecule has 0 saturated carbocycles. The lowest BCUT2D eigenvalue weighted by Gasteiger charge is -2.19. The number of rotatable bonds is 6. The summed E-state index contributed by atoms with van der Waals surface area (Å²) < 4.78 is 5.27. The highest BCUT2D eigenvalue weighted by Crippen LogP contribution is 2.38. The molecular formula is C21H21ClN2O3S. The summed E-state index contributed by atoms with van der Waals surface area (Å²) >= 11 is 7.35. The molecule has 1 atom stereocenters. The van der Waals surface area contributed by atoms with Crippen LogP contribution in [0.25, 0.3) is 0 Å². The Bertz CT molecular complexity index is 928. The first-order valence-corrected chi connectivity index (χ1v) is 10.4. The van der Waals surface area contributed by atoms with Crippen molar-refractivity contribution in [1.82, 2.24) is 0 Å². The van der Waals surface area contributed by atoms with Gasteiger partial charge in [-0.3, -0.25) is 9.59 Å². The van der Waals surface area contributed by atoms with Crippen molar-refractivity contribution >= 4 is 39.8 Å². The number of esters is 1. The van der Waals surface area contributed by atoms with E-state index in [0.29, 0.717) is 15.6 Å². The van der Waals surface area contributed by atoms with Gasteiger partial charge < -0.3 is 10.1 Å². The number of halogens is 1. The third-order valence-electron chi connectivity index (χ3n) is 4.78. The number of amides is 1. The number of anilines is 1. The van der Waals surface area contributed by atoms with Crippen molar-refractivity contribution in [3.63, 3.8) is 0 Å². The molecule has 1 aliphatic rings. The van der Waals surface area contributed by atoms with Crippen molar-refractivity contribution in [2.75, 3.05) is 11.9 Å². The number of benzene rings is 1. The van der Waals surface area contributed by atoms with E-state index in [9.17, 15) is 14.9 Å². The van der Waals surface area contributed by atoms with Crippen LogP contribution in [0.3, 0.4) is 0 Å².